The summed E-state index contributed by atoms with van der Waals surface area (Å²) in [7, 11) is 0. The molecule has 28 heavy (non-hydrogen) atoms. The van der Waals surface area contributed by atoms with E-state index in [1.54, 1.807) is 0 Å². The molecule has 156 valence electrons. The molecular formula is C26H40O2. The maximum atomic E-state index is 11.4. The predicted molar refractivity (Wildman–Crippen MR) is 115 cm³/mol. The van der Waals surface area contributed by atoms with Crippen LogP contribution in [-0.4, -0.2) is 12.4 Å². The average molecular weight is 385 g/mol. The monoisotopic (exact) mass is 384 g/mol. The molecule has 0 aromatic rings. The van der Waals surface area contributed by atoms with Crippen molar-refractivity contribution in [2.24, 2.45) is 40.4 Å². The molecule has 4 aliphatic carbocycles. The van der Waals surface area contributed by atoms with E-state index >= 15 is 0 Å². The zero-order valence-electron chi connectivity index (χ0n) is 18.5. The molecule has 4 saturated carbocycles. The Labute approximate surface area is 172 Å². The summed E-state index contributed by atoms with van der Waals surface area (Å²) in [5.74, 6) is 4.57. The Morgan fingerprint density at radius 3 is 2.61 bits per heavy atom. The first-order valence-electron chi connectivity index (χ1n) is 11.9. The maximum absolute atomic E-state index is 11.4. The Bertz CT molecular complexity index is 657. The van der Waals surface area contributed by atoms with Gasteiger partial charge in [-0.25, -0.2) is 0 Å². The van der Waals surface area contributed by atoms with Gasteiger partial charge in [-0.2, -0.15) is 0 Å². The molecule has 0 aromatic heterocycles. The lowest BCUT2D eigenvalue weighted by Crippen LogP contribution is -2.49. The van der Waals surface area contributed by atoms with Crippen LogP contribution in [-0.2, 0) is 9.53 Å². The van der Waals surface area contributed by atoms with Crippen LogP contribution in [0, 0.1) is 40.4 Å². The van der Waals surface area contributed by atoms with Crippen molar-refractivity contribution < 1.29 is 9.53 Å². The topological polar surface area (TPSA) is 26.3 Å². The second-order valence-electron chi connectivity index (χ2n) is 10.8. The zero-order valence-corrected chi connectivity index (χ0v) is 18.5. The second-order valence-corrected chi connectivity index (χ2v) is 10.8. The van der Waals surface area contributed by atoms with E-state index in [1.807, 2.05) is 6.08 Å². The molecule has 0 bridgehead atoms. The molecular weight excluding hydrogens is 344 g/mol. The summed E-state index contributed by atoms with van der Waals surface area (Å²) in [6, 6.07) is 0. The number of fused-ring (bicyclic) bond motifs is 3. The highest BCUT2D eigenvalue weighted by atomic mass is 16.5. The first kappa shape index (κ1) is 20.2. The smallest absolute Gasteiger partial charge is 0.142 e. The third kappa shape index (κ3) is 3.01. The minimum absolute atomic E-state index is 0.289. The summed E-state index contributed by atoms with van der Waals surface area (Å²) in [5.41, 5.74) is 2.19. The Kier molecular flexibility index (Phi) is 5.30. The fraction of sp³-hybridized carbons (Fsp3) is 0.808. The Balaban J connectivity index is 1.65. The summed E-state index contributed by atoms with van der Waals surface area (Å²) in [6.45, 7) is 13.5. The molecule has 2 nitrogen and oxygen atoms in total. The number of hydrogen-bond acceptors (Lipinski definition) is 2. The van der Waals surface area contributed by atoms with Gasteiger partial charge in [-0.05, 0) is 86.0 Å². The molecule has 6 unspecified atom stereocenters. The van der Waals surface area contributed by atoms with E-state index in [4.69, 9.17) is 4.74 Å². The van der Waals surface area contributed by atoms with Crippen LogP contribution in [0.1, 0.15) is 85.5 Å². The van der Waals surface area contributed by atoms with Crippen molar-refractivity contribution in [2.45, 2.75) is 91.6 Å². The first-order valence-corrected chi connectivity index (χ1v) is 11.9. The van der Waals surface area contributed by atoms with Gasteiger partial charge in [0.05, 0.1) is 5.76 Å². The van der Waals surface area contributed by atoms with Gasteiger partial charge in [0.25, 0.3) is 0 Å². The second kappa shape index (κ2) is 7.33. The Hall–Kier alpha value is -1.05. The standard InChI is InChI=1S/C26H40O2/c1-6-8-20-19-9-11-25(5)23(15-17(3)24(25)28-18(4)7-2)21(19)16-26(12-13-26)22(20)10-14-27/h10,14,17,19-21,23-24H,4,6-9,11-13,15-16H2,1-3,5H3/b22-10+/t17-,19?,20?,21?,23?,24?,25?/m1/s1. The van der Waals surface area contributed by atoms with Crippen LogP contribution in [0.2, 0.25) is 0 Å². The lowest BCUT2D eigenvalue weighted by atomic mass is 9.50. The normalized spacial score (nSPS) is 44.8. The summed E-state index contributed by atoms with van der Waals surface area (Å²) < 4.78 is 6.47. The number of allylic oxidation sites excluding steroid dienone is 3. The number of ether oxygens (including phenoxy) is 1. The van der Waals surface area contributed by atoms with Crippen LogP contribution in [0.5, 0.6) is 0 Å². The third-order valence-corrected chi connectivity index (χ3v) is 9.27. The highest BCUT2D eigenvalue weighted by Crippen LogP contribution is 2.71. The van der Waals surface area contributed by atoms with Gasteiger partial charge in [0, 0.05) is 11.8 Å². The summed E-state index contributed by atoms with van der Waals surface area (Å²) in [6.07, 6.45) is 14.6. The number of carbonyl (C=O) groups is 1. The van der Waals surface area contributed by atoms with Crippen molar-refractivity contribution in [1.82, 2.24) is 0 Å². The summed E-state index contributed by atoms with van der Waals surface area (Å²) in [5, 5.41) is 0. The molecule has 1 spiro atoms. The van der Waals surface area contributed by atoms with Crippen LogP contribution in [0.15, 0.2) is 24.0 Å². The van der Waals surface area contributed by atoms with Crippen LogP contribution in [0.25, 0.3) is 0 Å². The van der Waals surface area contributed by atoms with Gasteiger partial charge < -0.3 is 4.74 Å². The molecule has 0 N–H and O–H groups in total. The lowest BCUT2D eigenvalue weighted by molar-refractivity contribution is -0.104. The van der Waals surface area contributed by atoms with Gasteiger partial charge in [0.2, 0.25) is 0 Å². The van der Waals surface area contributed by atoms with Crippen LogP contribution in [0.3, 0.4) is 0 Å². The SMILES string of the molecule is C=C(CC)OC1[C@H](C)CC2C3CC4(CC4)/C(=C/C=O)C(CCC)C3CCC21C. The van der Waals surface area contributed by atoms with Gasteiger partial charge in [-0.3, -0.25) is 4.79 Å². The molecule has 4 fully saturated rings. The van der Waals surface area contributed by atoms with E-state index < -0.39 is 0 Å². The first-order chi connectivity index (χ1) is 13.4. The summed E-state index contributed by atoms with van der Waals surface area (Å²) >= 11 is 0. The van der Waals surface area contributed by atoms with Crippen LogP contribution in [0.4, 0.5) is 0 Å². The van der Waals surface area contributed by atoms with E-state index in [0.29, 0.717) is 23.4 Å². The molecule has 0 aliphatic heterocycles. The average Bonchev–Trinajstić information content (AvgIpc) is 3.39. The van der Waals surface area contributed by atoms with E-state index in [2.05, 4.69) is 34.3 Å². The number of carbonyl (C=O) groups excluding carboxylic acids is 1. The van der Waals surface area contributed by atoms with E-state index in [0.717, 1.165) is 36.2 Å². The van der Waals surface area contributed by atoms with Crippen LogP contribution >= 0.6 is 0 Å². The molecule has 0 aromatic carbocycles. The molecule has 0 heterocycles. The van der Waals surface area contributed by atoms with Crippen molar-refractivity contribution in [3.05, 3.63) is 24.0 Å². The molecule has 4 rings (SSSR count). The molecule has 0 radical (unpaired) electrons. The van der Waals surface area contributed by atoms with Crippen molar-refractivity contribution in [2.75, 3.05) is 0 Å². The Morgan fingerprint density at radius 1 is 1.25 bits per heavy atom. The van der Waals surface area contributed by atoms with Gasteiger partial charge in [0.15, 0.2) is 0 Å². The number of aldehydes is 1. The molecule has 4 aliphatic rings. The van der Waals surface area contributed by atoms with Gasteiger partial charge in [-0.1, -0.05) is 46.3 Å². The van der Waals surface area contributed by atoms with Crippen molar-refractivity contribution in [3.8, 4) is 0 Å². The molecule has 0 amide bonds. The highest BCUT2D eigenvalue weighted by Gasteiger charge is 2.64. The lowest BCUT2D eigenvalue weighted by Gasteiger charge is -2.55. The maximum Gasteiger partial charge on any atom is 0.142 e. The fourth-order valence-corrected chi connectivity index (χ4v) is 7.83. The molecule has 0 saturated heterocycles. The van der Waals surface area contributed by atoms with Crippen LogP contribution < -0.4 is 0 Å². The van der Waals surface area contributed by atoms with E-state index in [1.165, 1.54) is 56.9 Å². The number of hydrogen-bond donors (Lipinski definition) is 0. The quantitative estimate of drug-likeness (QED) is 0.289. The summed E-state index contributed by atoms with van der Waals surface area (Å²) in [4.78, 5) is 11.4. The van der Waals surface area contributed by atoms with Crippen molar-refractivity contribution >= 4 is 6.29 Å². The minimum atomic E-state index is 0.289. The van der Waals surface area contributed by atoms with Gasteiger partial charge in [-0.15, -0.1) is 0 Å². The van der Waals surface area contributed by atoms with Crippen molar-refractivity contribution in [1.29, 1.82) is 0 Å². The van der Waals surface area contributed by atoms with E-state index in [9.17, 15) is 4.79 Å². The molecule has 2 heteroatoms. The van der Waals surface area contributed by atoms with Gasteiger partial charge in [0.1, 0.15) is 12.4 Å². The van der Waals surface area contributed by atoms with E-state index in [-0.39, 0.29) is 5.41 Å². The third-order valence-electron chi connectivity index (χ3n) is 9.27. The Morgan fingerprint density at radius 2 is 2.00 bits per heavy atom. The largest absolute Gasteiger partial charge is 0.495 e. The molecule has 7 atom stereocenters. The predicted octanol–water partition coefficient (Wildman–Crippen LogP) is 6.71. The van der Waals surface area contributed by atoms with Gasteiger partial charge >= 0.3 is 0 Å². The minimum Gasteiger partial charge on any atom is -0.495 e. The fourth-order valence-electron chi connectivity index (χ4n) is 7.83. The highest BCUT2D eigenvalue weighted by molar-refractivity contribution is 5.67. The zero-order chi connectivity index (χ0) is 20.1. The number of rotatable bonds is 6. The van der Waals surface area contributed by atoms with Crippen molar-refractivity contribution in [3.63, 3.8) is 0 Å².